The van der Waals surface area contributed by atoms with Crippen molar-refractivity contribution in [2.75, 3.05) is 26.2 Å². The number of benzene rings is 1. The fourth-order valence-electron chi connectivity index (χ4n) is 3.37. The largest absolute Gasteiger partial charge is 0.465 e. The summed E-state index contributed by atoms with van der Waals surface area (Å²) in [5.41, 5.74) is 2.46. The molecular weight excluding hydrogens is 336 g/mol. The molecule has 21 heavy (non-hydrogen) atoms. The van der Waals surface area contributed by atoms with Gasteiger partial charge in [0.2, 0.25) is 0 Å². The summed E-state index contributed by atoms with van der Waals surface area (Å²) >= 11 is 3.50. The van der Waals surface area contributed by atoms with Gasteiger partial charge in [0.15, 0.2) is 0 Å². The number of carbonyl (C=O) groups is 1. The molecule has 2 aliphatic rings. The van der Waals surface area contributed by atoms with E-state index in [9.17, 15) is 9.90 Å². The highest BCUT2D eigenvalue weighted by molar-refractivity contribution is 9.10. The summed E-state index contributed by atoms with van der Waals surface area (Å²) in [6, 6.07) is 6.22. The van der Waals surface area contributed by atoms with Gasteiger partial charge >= 0.3 is 6.09 Å². The molecule has 1 heterocycles. The summed E-state index contributed by atoms with van der Waals surface area (Å²) in [7, 11) is 0. The predicted octanol–water partition coefficient (Wildman–Crippen LogP) is 2.09. The lowest BCUT2D eigenvalue weighted by atomic mass is 9.84. The van der Waals surface area contributed by atoms with Crippen molar-refractivity contribution >= 4 is 22.0 Å². The van der Waals surface area contributed by atoms with E-state index in [0.717, 1.165) is 17.3 Å². The van der Waals surface area contributed by atoms with Crippen LogP contribution in [-0.2, 0) is 6.42 Å². The van der Waals surface area contributed by atoms with Gasteiger partial charge in [-0.1, -0.05) is 22.0 Å². The van der Waals surface area contributed by atoms with Gasteiger partial charge in [-0.25, -0.2) is 4.79 Å². The molecule has 1 fully saturated rings. The summed E-state index contributed by atoms with van der Waals surface area (Å²) < 4.78 is 1.02. The Morgan fingerprint density at radius 1 is 1.24 bits per heavy atom. The van der Waals surface area contributed by atoms with E-state index in [1.807, 2.05) is 6.07 Å². The smallest absolute Gasteiger partial charge is 0.407 e. The summed E-state index contributed by atoms with van der Waals surface area (Å²) in [5, 5.41) is 19.5. The van der Waals surface area contributed by atoms with E-state index < -0.39 is 6.09 Å². The summed E-state index contributed by atoms with van der Waals surface area (Å²) in [6.45, 7) is 2.34. The number of piperazine rings is 1. The van der Waals surface area contributed by atoms with Gasteiger partial charge in [-0.2, -0.15) is 0 Å². The first-order chi connectivity index (χ1) is 10.1. The molecule has 1 aromatic carbocycles. The number of aliphatic hydroxyl groups excluding tert-OH is 1. The van der Waals surface area contributed by atoms with Crippen LogP contribution < -0.4 is 0 Å². The average molecular weight is 355 g/mol. The van der Waals surface area contributed by atoms with Crippen molar-refractivity contribution in [1.82, 2.24) is 9.80 Å². The third-order valence-electron chi connectivity index (χ3n) is 4.48. The molecule has 0 saturated carbocycles. The molecule has 0 bridgehead atoms. The quantitative estimate of drug-likeness (QED) is 0.810. The maximum absolute atomic E-state index is 11.0. The second kappa shape index (κ2) is 5.94. The van der Waals surface area contributed by atoms with Crippen molar-refractivity contribution in [3.8, 4) is 0 Å². The Morgan fingerprint density at radius 3 is 2.62 bits per heavy atom. The number of aryl methyl sites for hydroxylation is 1. The third-order valence-corrected chi connectivity index (χ3v) is 4.97. The van der Waals surface area contributed by atoms with Gasteiger partial charge < -0.3 is 15.1 Å². The number of fused-ring (bicyclic) bond motifs is 1. The van der Waals surface area contributed by atoms with Crippen molar-refractivity contribution in [3.63, 3.8) is 0 Å². The Kier molecular flexibility index (Phi) is 4.19. The molecule has 1 aliphatic carbocycles. The minimum absolute atomic E-state index is 0.0257. The highest BCUT2D eigenvalue weighted by Gasteiger charge is 2.35. The first kappa shape index (κ1) is 14.8. The van der Waals surface area contributed by atoms with E-state index in [1.54, 1.807) is 0 Å². The zero-order valence-electron chi connectivity index (χ0n) is 11.7. The normalized spacial score (nSPS) is 26.5. The molecule has 1 aliphatic heterocycles. The molecule has 0 radical (unpaired) electrons. The zero-order valence-corrected chi connectivity index (χ0v) is 13.3. The van der Waals surface area contributed by atoms with Gasteiger partial charge in [0.05, 0.1) is 12.1 Å². The SMILES string of the molecule is O=C(O)N1CCN([C@@H]2c3cc(Br)ccc3CC[C@H]2O)CC1. The molecule has 5 nitrogen and oxygen atoms in total. The minimum Gasteiger partial charge on any atom is -0.465 e. The molecule has 114 valence electrons. The standard InChI is InChI=1S/C15H19BrN2O3/c16-11-3-1-10-2-4-13(19)14(12(10)9-11)17-5-7-18(8-6-17)15(20)21/h1,3,9,13-14,19H,2,4-8H2,(H,20,21)/t13-,14-/m1/s1. The van der Waals surface area contributed by atoms with Crippen LogP contribution in [0.5, 0.6) is 0 Å². The zero-order chi connectivity index (χ0) is 15.0. The maximum Gasteiger partial charge on any atom is 0.407 e. The predicted molar refractivity (Wildman–Crippen MR) is 82.4 cm³/mol. The molecule has 2 N–H and O–H groups in total. The van der Waals surface area contributed by atoms with Gasteiger partial charge in [0.1, 0.15) is 0 Å². The lowest BCUT2D eigenvalue weighted by Gasteiger charge is -2.43. The van der Waals surface area contributed by atoms with Crippen LogP contribution in [0.3, 0.4) is 0 Å². The van der Waals surface area contributed by atoms with Gasteiger partial charge in [0.25, 0.3) is 0 Å². The van der Waals surface area contributed by atoms with Crippen molar-refractivity contribution in [3.05, 3.63) is 33.8 Å². The summed E-state index contributed by atoms with van der Waals surface area (Å²) in [5.74, 6) is 0. The lowest BCUT2D eigenvalue weighted by molar-refractivity contribution is 0.0107. The monoisotopic (exact) mass is 354 g/mol. The molecule has 0 aromatic heterocycles. The molecular formula is C15H19BrN2O3. The Labute approximate surface area is 132 Å². The van der Waals surface area contributed by atoms with E-state index >= 15 is 0 Å². The van der Waals surface area contributed by atoms with Gasteiger partial charge in [-0.15, -0.1) is 0 Å². The van der Waals surface area contributed by atoms with Crippen LogP contribution in [0.4, 0.5) is 4.79 Å². The Bertz CT molecular complexity index is 544. The van der Waals surface area contributed by atoms with Crippen LogP contribution in [0.2, 0.25) is 0 Å². The second-order valence-electron chi connectivity index (χ2n) is 5.70. The van der Waals surface area contributed by atoms with Crippen molar-refractivity contribution in [1.29, 1.82) is 0 Å². The molecule has 6 heteroatoms. The van der Waals surface area contributed by atoms with Gasteiger partial charge in [0, 0.05) is 30.7 Å². The van der Waals surface area contributed by atoms with Crippen LogP contribution in [0.15, 0.2) is 22.7 Å². The summed E-state index contributed by atoms with van der Waals surface area (Å²) in [4.78, 5) is 14.7. The fourth-order valence-corrected chi connectivity index (χ4v) is 3.75. The molecule has 1 saturated heterocycles. The first-order valence-electron chi connectivity index (χ1n) is 7.24. The molecule has 1 amide bonds. The first-order valence-corrected chi connectivity index (χ1v) is 8.04. The maximum atomic E-state index is 11.0. The average Bonchev–Trinajstić information content (AvgIpc) is 2.47. The number of carboxylic acid groups (broad SMARTS) is 1. The lowest BCUT2D eigenvalue weighted by Crippen LogP contribution is -2.52. The number of halogens is 1. The number of aliphatic hydroxyl groups is 1. The molecule has 3 rings (SSSR count). The Balaban J connectivity index is 1.82. The highest BCUT2D eigenvalue weighted by Crippen LogP contribution is 2.36. The second-order valence-corrected chi connectivity index (χ2v) is 6.62. The van der Waals surface area contributed by atoms with E-state index in [2.05, 4.69) is 33.0 Å². The van der Waals surface area contributed by atoms with Crippen molar-refractivity contribution < 1.29 is 15.0 Å². The van der Waals surface area contributed by atoms with Crippen LogP contribution in [0.25, 0.3) is 0 Å². The minimum atomic E-state index is -0.859. The highest BCUT2D eigenvalue weighted by atomic mass is 79.9. The van der Waals surface area contributed by atoms with Gasteiger partial charge in [-0.05, 0) is 36.1 Å². The number of amides is 1. The van der Waals surface area contributed by atoms with E-state index in [0.29, 0.717) is 26.2 Å². The van der Waals surface area contributed by atoms with E-state index in [-0.39, 0.29) is 12.1 Å². The molecule has 2 atom stereocenters. The number of hydrogen-bond acceptors (Lipinski definition) is 3. The Hall–Kier alpha value is -1.11. The van der Waals surface area contributed by atoms with Crippen LogP contribution in [0.1, 0.15) is 23.6 Å². The molecule has 1 aromatic rings. The summed E-state index contributed by atoms with van der Waals surface area (Å²) in [6.07, 6.45) is 0.415. The van der Waals surface area contributed by atoms with Crippen LogP contribution in [-0.4, -0.2) is 58.4 Å². The van der Waals surface area contributed by atoms with Crippen molar-refractivity contribution in [2.45, 2.75) is 25.0 Å². The van der Waals surface area contributed by atoms with Crippen molar-refractivity contribution in [2.24, 2.45) is 0 Å². The topological polar surface area (TPSA) is 64.0 Å². The number of hydrogen-bond donors (Lipinski definition) is 2. The third kappa shape index (κ3) is 2.93. The molecule has 0 unspecified atom stereocenters. The fraction of sp³-hybridized carbons (Fsp3) is 0.533. The number of nitrogens with zero attached hydrogens (tertiary/aromatic N) is 2. The van der Waals surface area contributed by atoms with E-state index in [1.165, 1.54) is 16.0 Å². The van der Waals surface area contributed by atoms with Crippen LogP contribution >= 0.6 is 15.9 Å². The van der Waals surface area contributed by atoms with E-state index in [4.69, 9.17) is 5.11 Å². The molecule has 0 spiro atoms. The number of rotatable bonds is 1. The van der Waals surface area contributed by atoms with Gasteiger partial charge in [-0.3, -0.25) is 4.90 Å². The Morgan fingerprint density at radius 2 is 1.95 bits per heavy atom. The van der Waals surface area contributed by atoms with Crippen LogP contribution in [0, 0.1) is 0 Å².